The van der Waals surface area contributed by atoms with Gasteiger partial charge in [0.25, 0.3) is 0 Å². The summed E-state index contributed by atoms with van der Waals surface area (Å²) >= 11 is 0. The van der Waals surface area contributed by atoms with Crippen LogP contribution in [0.25, 0.3) is 0 Å². The van der Waals surface area contributed by atoms with Gasteiger partial charge in [0.05, 0.1) is 6.10 Å². The van der Waals surface area contributed by atoms with E-state index in [2.05, 4.69) is 20.5 Å². The van der Waals surface area contributed by atoms with E-state index in [4.69, 9.17) is 0 Å². The molecule has 2 amide bonds. The van der Waals surface area contributed by atoms with E-state index >= 15 is 0 Å². The van der Waals surface area contributed by atoms with E-state index in [0.717, 1.165) is 31.7 Å². The first-order valence-corrected chi connectivity index (χ1v) is 7.57. The summed E-state index contributed by atoms with van der Waals surface area (Å²) in [7, 11) is 0. The number of carbonyl (C=O) groups is 1. The van der Waals surface area contributed by atoms with Crippen molar-refractivity contribution < 1.29 is 9.90 Å². The Kier molecular flexibility index (Phi) is 5.80. The number of aliphatic hydroxyl groups is 1. The summed E-state index contributed by atoms with van der Waals surface area (Å²) in [5.74, 6) is 0.945. The summed E-state index contributed by atoms with van der Waals surface area (Å²) in [6.45, 7) is 3.97. The second-order valence-corrected chi connectivity index (χ2v) is 5.42. The molecule has 0 saturated carbocycles. The standard InChI is InChI=1S/C15H24N4O2/c1-2-5-13(20)10-17-15(21)18-12-7-9-19(11-12)14-6-3-4-8-16-14/h3-4,6,8,12-13,20H,2,5,7,9-11H2,1H3,(H2,17,18,21). The lowest BCUT2D eigenvalue weighted by atomic mass is 10.2. The Hall–Kier alpha value is -1.82. The van der Waals surface area contributed by atoms with Gasteiger partial charge in [-0.05, 0) is 25.0 Å². The fourth-order valence-electron chi connectivity index (χ4n) is 2.51. The monoisotopic (exact) mass is 292 g/mol. The number of nitrogens with one attached hydrogen (secondary N) is 2. The van der Waals surface area contributed by atoms with Crippen LogP contribution in [0.1, 0.15) is 26.2 Å². The van der Waals surface area contributed by atoms with Crippen LogP contribution < -0.4 is 15.5 Å². The van der Waals surface area contributed by atoms with Crippen LogP contribution in [0.2, 0.25) is 0 Å². The van der Waals surface area contributed by atoms with Gasteiger partial charge in [0.2, 0.25) is 0 Å². The van der Waals surface area contributed by atoms with Crippen LogP contribution >= 0.6 is 0 Å². The summed E-state index contributed by atoms with van der Waals surface area (Å²) in [5, 5.41) is 15.3. The van der Waals surface area contributed by atoms with E-state index in [0.29, 0.717) is 13.0 Å². The SMILES string of the molecule is CCCC(O)CNC(=O)NC1CCN(c2ccccn2)C1. The lowest BCUT2D eigenvalue weighted by Gasteiger charge is -2.18. The van der Waals surface area contributed by atoms with Gasteiger partial charge in [-0.2, -0.15) is 0 Å². The zero-order chi connectivity index (χ0) is 15.1. The molecule has 0 aromatic carbocycles. The number of nitrogens with zero attached hydrogens (tertiary/aromatic N) is 2. The summed E-state index contributed by atoms with van der Waals surface area (Å²) in [4.78, 5) is 18.3. The van der Waals surface area contributed by atoms with E-state index in [1.165, 1.54) is 0 Å². The van der Waals surface area contributed by atoms with Gasteiger partial charge in [0.15, 0.2) is 0 Å². The molecule has 0 aliphatic carbocycles. The number of rotatable bonds is 6. The average molecular weight is 292 g/mol. The topological polar surface area (TPSA) is 77.5 Å². The molecular weight excluding hydrogens is 268 g/mol. The van der Waals surface area contributed by atoms with Gasteiger partial charge in [-0.1, -0.05) is 19.4 Å². The molecule has 2 atom stereocenters. The smallest absolute Gasteiger partial charge is 0.315 e. The Labute approximate surface area is 125 Å². The minimum atomic E-state index is -0.464. The minimum absolute atomic E-state index is 0.121. The third-order valence-corrected chi connectivity index (χ3v) is 3.62. The van der Waals surface area contributed by atoms with Crippen LogP contribution in [-0.4, -0.2) is 47.9 Å². The van der Waals surface area contributed by atoms with Crippen LogP contribution in [0, 0.1) is 0 Å². The van der Waals surface area contributed by atoms with Crippen molar-refractivity contribution in [3.05, 3.63) is 24.4 Å². The summed E-state index contributed by atoms with van der Waals surface area (Å²) in [6.07, 6.45) is 3.83. The van der Waals surface area contributed by atoms with Crippen molar-refractivity contribution in [1.82, 2.24) is 15.6 Å². The highest BCUT2D eigenvalue weighted by atomic mass is 16.3. The molecule has 3 N–H and O–H groups in total. The Balaban J connectivity index is 1.71. The van der Waals surface area contributed by atoms with E-state index in [1.54, 1.807) is 6.20 Å². The molecule has 2 rings (SSSR count). The van der Waals surface area contributed by atoms with Gasteiger partial charge in [-0.3, -0.25) is 0 Å². The van der Waals surface area contributed by atoms with Crippen LogP contribution in [0.5, 0.6) is 0 Å². The summed E-state index contributed by atoms with van der Waals surface area (Å²) in [5.41, 5.74) is 0. The highest BCUT2D eigenvalue weighted by Crippen LogP contribution is 2.17. The molecule has 1 fully saturated rings. The lowest BCUT2D eigenvalue weighted by molar-refractivity contribution is 0.160. The number of aromatic nitrogens is 1. The molecule has 0 radical (unpaired) electrons. The van der Waals surface area contributed by atoms with Crippen molar-refractivity contribution in [2.75, 3.05) is 24.5 Å². The molecule has 1 aliphatic rings. The molecule has 1 aromatic rings. The number of carbonyl (C=O) groups excluding carboxylic acids is 1. The molecule has 21 heavy (non-hydrogen) atoms. The van der Waals surface area contributed by atoms with E-state index < -0.39 is 6.10 Å². The van der Waals surface area contributed by atoms with Crippen LogP contribution in [0.3, 0.4) is 0 Å². The van der Waals surface area contributed by atoms with Gasteiger partial charge in [-0.25, -0.2) is 9.78 Å². The van der Waals surface area contributed by atoms with Gasteiger partial charge in [0.1, 0.15) is 5.82 Å². The molecule has 2 unspecified atom stereocenters. The molecule has 0 spiro atoms. The predicted octanol–water partition coefficient (Wildman–Crippen LogP) is 1.12. The number of aliphatic hydroxyl groups excluding tert-OH is 1. The first-order chi connectivity index (χ1) is 10.2. The third kappa shape index (κ3) is 4.90. The number of hydrogen-bond donors (Lipinski definition) is 3. The minimum Gasteiger partial charge on any atom is -0.391 e. The first-order valence-electron chi connectivity index (χ1n) is 7.57. The Bertz CT molecular complexity index is 441. The molecule has 0 bridgehead atoms. The molecule has 6 nitrogen and oxygen atoms in total. The Morgan fingerprint density at radius 2 is 2.43 bits per heavy atom. The maximum Gasteiger partial charge on any atom is 0.315 e. The van der Waals surface area contributed by atoms with E-state index in [-0.39, 0.29) is 12.1 Å². The number of hydrogen-bond acceptors (Lipinski definition) is 4. The van der Waals surface area contributed by atoms with Crippen molar-refractivity contribution in [2.24, 2.45) is 0 Å². The zero-order valence-electron chi connectivity index (χ0n) is 12.5. The molecule has 1 aromatic heterocycles. The highest BCUT2D eigenvalue weighted by Gasteiger charge is 2.24. The van der Waals surface area contributed by atoms with E-state index in [1.807, 2.05) is 25.1 Å². The fraction of sp³-hybridized carbons (Fsp3) is 0.600. The van der Waals surface area contributed by atoms with Gasteiger partial charge in [-0.15, -0.1) is 0 Å². The maximum absolute atomic E-state index is 11.8. The number of amides is 2. The quantitative estimate of drug-likeness (QED) is 0.734. The van der Waals surface area contributed by atoms with Gasteiger partial charge < -0.3 is 20.6 Å². The van der Waals surface area contributed by atoms with Crippen LogP contribution in [0.15, 0.2) is 24.4 Å². The number of pyridine rings is 1. The predicted molar refractivity (Wildman–Crippen MR) is 82.3 cm³/mol. The highest BCUT2D eigenvalue weighted by molar-refractivity contribution is 5.74. The van der Waals surface area contributed by atoms with Crippen molar-refractivity contribution in [1.29, 1.82) is 0 Å². The fourth-order valence-corrected chi connectivity index (χ4v) is 2.51. The molecule has 1 saturated heterocycles. The maximum atomic E-state index is 11.8. The van der Waals surface area contributed by atoms with Crippen LogP contribution in [0.4, 0.5) is 10.6 Å². The largest absolute Gasteiger partial charge is 0.391 e. The molecular formula is C15H24N4O2. The van der Waals surface area contributed by atoms with Crippen LogP contribution in [-0.2, 0) is 0 Å². The van der Waals surface area contributed by atoms with Gasteiger partial charge >= 0.3 is 6.03 Å². The lowest BCUT2D eigenvalue weighted by Crippen LogP contribution is -2.45. The second-order valence-electron chi connectivity index (χ2n) is 5.42. The first kappa shape index (κ1) is 15.6. The van der Waals surface area contributed by atoms with E-state index in [9.17, 15) is 9.90 Å². The Morgan fingerprint density at radius 1 is 1.57 bits per heavy atom. The summed E-state index contributed by atoms with van der Waals surface area (Å²) < 4.78 is 0. The Morgan fingerprint density at radius 3 is 3.14 bits per heavy atom. The average Bonchev–Trinajstić information content (AvgIpc) is 2.95. The molecule has 2 heterocycles. The van der Waals surface area contributed by atoms with Crippen molar-refractivity contribution in [2.45, 2.75) is 38.3 Å². The van der Waals surface area contributed by atoms with Crippen molar-refractivity contribution >= 4 is 11.8 Å². The van der Waals surface area contributed by atoms with Gasteiger partial charge in [0, 0.05) is 31.9 Å². The zero-order valence-corrected chi connectivity index (χ0v) is 12.5. The van der Waals surface area contributed by atoms with Crippen molar-refractivity contribution in [3.8, 4) is 0 Å². The molecule has 6 heteroatoms. The number of anilines is 1. The molecule has 1 aliphatic heterocycles. The number of urea groups is 1. The van der Waals surface area contributed by atoms with Crippen molar-refractivity contribution in [3.63, 3.8) is 0 Å². The molecule has 116 valence electrons. The second kappa shape index (κ2) is 7.83. The summed E-state index contributed by atoms with van der Waals surface area (Å²) in [6, 6.07) is 5.74. The normalized spacial score (nSPS) is 19.3. The third-order valence-electron chi connectivity index (χ3n) is 3.62.